The van der Waals surface area contributed by atoms with E-state index in [2.05, 4.69) is 17.6 Å². The van der Waals surface area contributed by atoms with E-state index >= 15 is 0 Å². The van der Waals surface area contributed by atoms with Crippen LogP contribution in [-0.2, 0) is 17.1 Å². The van der Waals surface area contributed by atoms with Gasteiger partial charge in [-0.05, 0) is 12.5 Å². The molecular weight excluding hydrogens is 210 g/mol. The summed E-state index contributed by atoms with van der Waals surface area (Å²) in [5.74, 6) is 0.954. The summed E-state index contributed by atoms with van der Waals surface area (Å²) in [5, 5.41) is 0. The minimum Gasteiger partial charge on any atom is -0.461 e. The van der Waals surface area contributed by atoms with Crippen molar-refractivity contribution in [2.75, 3.05) is 0 Å². The monoisotopic (exact) mass is 225 g/mol. The fraction of sp³-hybridized carbons (Fsp3) is 0.545. The van der Waals surface area contributed by atoms with E-state index in [9.17, 15) is 0 Å². The second-order valence-corrected chi connectivity index (χ2v) is 4.44. The molecule has 0 saturated heterocycles. The molecule has 1 aliphatic rings. The highest BCUT2D eigenvalue weighted by Gasteiger charge is 2.30. The Morgan fingerprint density at radius 2 is 2.27 bits per heavy atom. The summed E-state index contributed by atoms with van der Waals surface area (Å²) in [4.78, 5) is 4.30. The Bertz CT molecular complexity index is 390. The molecule has 0 fully saturated rings. The Labute approximate surface area is 95.2 Å². The molecule has 0 aromatic carbocycles. The first-order valence-electron chi connectivity index (χ1n) is 4.94. The summed E-state index contributed by atoms with van der Waals surface area (Å²) >= 11 is 4.27. The van der Waals surface area contributed by atoms with E-state index in [1.54, 1.807) is 0 Å². The van der Waals surface area contributed by atoms with Gasteiger partial charge >= 0.3 is 0 Å². The summed E-state index contributed by atoms with van der Waals surface area (Å²) in [6.07, 6.45) is 1.84. The molecule has 2 rings (SSSR count). The largest absolute Gasteiger partial charge is 0.461 e. The molecule has 3 nitrogen and oxygen atoms in total. The second kappa shape index (κ2) is 3.68. The molecule has 0 aliphatic carbocycles. The van der Waals surface area contributed by atoms with E-state index in [0.29, 0.717) is 12.4 Å². The van der Waals surface area contributed by atoms with Crippen molar-refractivity contribution in [1.82, 2.24) is 4.98 Å². The number of hydrogen-bond donors (Lipinski definition) is 1. The maximum absolute atomic E-state index is 5.77. The van der Waals surface area contributed by atoms with Gasteiger partial charge in [-0.25, -0.2) is 0 Å². The first-order chi connectivity index (χ1) is 7.03. The molecule has 82 valence electrons. The van der Waals surface area contributed by atoms with Crippen molar-refractivity contribution in [1.29, 1.82) is 0 Å². The highest BCUT2D eigenvalue weighted by molar-refractivity contribution is 7.79. The number of ether oxygens (including phenoxy) is 2. The zero-order chi connectivity index (χ0) is 11.1. The van der Waals surface area contributed by atoms with E-state index in [-0.39, 0.29) is 0 Å². The summed E-state index contributed by atoms with van der Waals surface area (Å²) in [5.41, 5.74) is 3.07. The Morgan fingerprint density at radius 1 is 1.53 bits per heavy atom. The number of hydrogen-bond acceptors (Lipinski definition) is 4. The number of aryl methyl sites for hydroxylation is 1. The highest BCUT2D eigenvalue weighted by atomic mass is 32.1. The summed E-state index contributed by atoms with van der Waals surface area (Å²) < 4.78 is 11.4. The van der Waals surface area contributed by atoms with Gasteiger partial charge in [-0.15, -0.1) is 0 Å². The van der Waals surface area contributed by atoms with Crippen LogP contribution in [0.1, 0.15) is 30.7 Å². The van der Waals surface area contributed by atoms with Crippen LogP contribution in [0.2, 0.25) is 0 Å². The predicted molar refractivity (Wildman–Crippen MR) is 61.2 cm³/mol. The molecule has 0 amide bonds. The average molecular weight is 225 g/mol. The van der Waals surface area contributed by atoms with Gasteiger partial charge in [0.15, 0.2) is 0 Å². The van der Waals surface area contributed by atoms with Gasteiger partial charge in [-0.3, -0.25) is 4.98 Å². The van der Waals surface area contributed by atoms with Crippen molar-refractivity contribution < 1.29 is 9.47 Å². The molecular formula is C11H15NO2S. The van der Waals surface area contributed by atoms with Crippen LogP contribution in [0.3, 0.4) is 0 Å². The van der Waals surface area contributed by atoms with Crippen molar-refractivity contribution in [2.45, 2.75) is 38.9 Å². The van der Waals surface area contributed by atoms with Crippen molar-refractivity contribution in [3.63, 3.8) is 0 Å². The molecule has 0 saturated carbocycles. The third-order valence-corrected chi connectivity index (χ3v) is 2.83. The number of nitrogens with zero attached hydrogens (tertiary/aromatic N) is 1. The van der Waals surface area contributed by atoms with Gasteiger partial charge in [-0.2, -0.15) is 12.6 Å². The zero-order valence-electron chi connectivity index (χ0n) is 9.20. The quantitative estimate of drug-likeness (QED) is 0.745. The Hall–Kier alpha value is -0.740. The van der Waals surface area contributed by atoms with Crippen LogP contribution in [-0.4, -0.2) is 10.8 Å². The first-order valence-corrected chi connectivity index (χ1v) is 5.58. The molecule has 4 heteroatoms. The topological polar surface area (TPSA) is 31.4 Å². The van der Waals surface area contributed by atoms with E-state index in [0.717, 1.165) is 22.6 Å². The van der Waals surface area contributed by atoms with Crippen LogP contribution in [0.5, 0.6) is 5.75 Å². The molecule has 0 atom stereocenters. The minimum absolute atomic E-state index is 0.561. The fourth-order valence-corrected chi connectivity index (χ4v) is 1.90. The third kappa shape index (κ3) is 1.96. The molecule has 1 aromatic heterocycles. The lowest BCUT2D eigenvalue weighted by Crippen LogP contribution is -2.36. The normalized spacial score (nSPS) is 18.1. The lowest BCUT2D eigenvalue weighted by atomic mass is 10.1. The molecule has 1 aliphatic heterocycles. The number of pyridine rings is 1. The maximum atomic E-state index is 5.77. The maximum Gasteiger partial charge on any atom is 0.205 e. The minimum atomic E-state index is -0.561. The lowest BCUT2D eigenvalue weighted by Gasteiger charge is -2.34. The highest BCUT2D eigenvalue weighted by Crippen LogP contribution is 2.35. The van der Waals surface area contributed by atoms with Crippen molar-refractivity contribution >= 4 is 12.6 Å². The predicted octanol–water partition coefficient (Wildman–Crippen LogP) is 2.46. The van der Waals surface area contributed by atoms with Crippen molar-refractivity contribution in [3.8, 4) is 5.75 Å². The van der Waals surface area contributed by atoms with Gasteiger partial charge < -0.3 is 9.47 Å². The van der Waals surface area contributed by atoms with E-state index < -0.39 is 5.79 Å². The molecule has 2 heterocycles. The van der Waals surface area contributed by atoms with Gasteiger partial charge in [-0.1, -0.05) is 0 Å². The van der Waals surface area contributed by atoms with Gasteiger partial charge in [0.05, 0.1) is 12.3 Å². The summed E-state index contributed by atoms with van der Waals surface area (Å²) in [7, 11) is 0. The number of aromatic nitrogens is 1. The van der Waals surface area contributed by atoms with Crippen molar-refractivity contribution in [2.24, 2.45) is 0 Å². The molecule has 0 unspecified atom stereocenters. The fourth-order valence-electron chi connectivity index (χ4n) is 1.63. The second-order valence-electron chi connectivity index (χ2n) is 4.13. The summed E-state index contributed by atoms with van der Waals surface area (Å²) in [6.45, 7) is 6.33. The van der Waals surface area contributed by atoms with Gasteiger partial charge in [0.2, 0.25) is 5.79 Å². The van der Waals surface area contributed by atoms with Crippen LogP contribution >= 0.6 is 12.6 Å². The van der Waals surface area contributed by atoms with Crippen LogP contribution < -0.4 is 4.74 Å². The van der Waals surface area contributed by atoms with Crippen molar-refractivity contribution in [3.05, 3.63) is 23.0 Å². The molecule has 0 spiro atoms. The first kappa shape index (κ1) is 10.8. The standard InChI is InChI=1S/C11H15NO2S/c1-7-10-9(8(6-15)4-12-7)5-13-11(2,3)14-10/h4,15H,5-6H2,1-3H3. The Balaban J connectivity index is 2.50. The number of fused-ring (bicyclic) bond motifs is 1. The molecule has 0 bridgehead atoms. The van der Waals surface area contributed by atoms with Crippen LogP contribution in [0.15, 0.2) is 6.20 Å². The lowest BCUT2D eigenvalue weighted by molar-refractivity contribution is -0.180. The number of thiol groups is 1. The van der Waals surface area contributed by atoms with Crippen LogP contribution in [0.25, 0.3) is 0 Å². The Kier molecular flexibility index (Phi) is 2.64. The Morgan fingerprint density at radius 3 is 2.93 bits per heavy atom. The van der Waals surface area contributed by atoms with Crippen LogP contribution in [0, 0.1) is 6.92 Å². The van der Waals surface area contributed by atoms with Gasteiger partial charge in [0.25, 0.3) is 0 Å². The third-order valence-electron chi connectivity index (χ3n) is 2.49. The average Bonchev–Trinajstić information content (AvgIpc) is 2.18. The molecule has 0 radical (unpaired) electrons. The molecule has 0 N–H and O–H groups in total. The van der Waals surface area contributed by atoms with Gasteiger partial charge in [0, 0.05) is 31.4 Å². The van der Waals surface area contributed by atoms with Gasteiger partial charge in [0.1, 0.15) is 5.75 Å². The van der Waals surface area contributed by atoms with Crippen LogP contribution in [0.4, 0.5) is 0 Å². The van der Waals surface area contributed by atoms with E-state index in [1.807, 2.05) is 27.0 Å². The number of rotatable bonds is 1. The van der Waals surface area contributed by atoms with E-state index in [4.69, 9.17) is 9.47 Å². The molecule has 15 heavy (non-hydrogen) atoms. The van der Waals surface area contributed by atoms with E-state index in [1.165, 1.54) is 0 Å². The summed E-state index contributed by atoms with van der Waals surface area (Å²) in [6, 6.07) is 0. The zero-order valence-corrected chi connectivity index (χ0v) is 10.1. The molecule has 1 aromatic rings. The SMILES string of the molecule is Cc1ncc(CS)c2c1OC(C)(C)OC2. The smallest absolute Gasteiger partial charge is 0.205 e.